The number of rotatable bonds is 24. The summed E-state index contributed by atoms with van der Waals surface area (Å²) in [5.74, 6) is -0.103. The molecule has 3 fully saturated rings. The number of ether oxygens (including phenoxy) is 10. The van der Waals surface area contributed by atoms with Gasteiger partial charge in [0, 0.05) is 25.7 Å². The van der Waals surface area contributed by atoms with Crippen LogP contribution in [0.15, 0.2) is 216 Å². The molecule has 5 heterocycles. The second-order valence-corrected chi connectivity index (χ2v) is 23.2. The average molecular weight is 1300 g/mol. The maximum atomic E-state index is 12.7. The smallest absolute Gasteiger partial charge is 0.351 e. The Morgan fingerprint density at radius 1 is 0.463 bits per heavy atom. The Morgan fingerprint density at radius 3 is 1.19 bits per heavy atom. The second kappa shape index (κ2) is 37.7. The minimum absolute atomic E-state index is 0.105. The SMILES string of the molecule is CC(=O)OC1CC[C@H](OCc2ccccc2)[C@H](OCc2ccccc2)[C@@H](COCc2ccccc2)O1.Nc1ccn(C2CC[C@H](O)[C@H](O)[C@@H](CO)O2)c(=O)n1.Nc1ccn(C2CC[C@H](OCc3ccccc3)[C@H](OCc3ccccc3)[C@@H](COCc3ccccc3)O2)c(=O)n1. The van der Waals surface area contributed by atoms with Crippen LogP contribution in [0.5, 0.6) is 0 Å². The summed E-state index contributed by atoms with van der Waals surface area (Å²) in [6.45, 7) is 4.03. The lowest BCUT2D eigenvalue weighted by Gasteiger charge is -2.32. The molecule has 0 saturated carbocycles. The van der Waals surface area contributed by atoms with E-state index in [2.05, 4.69) is 9.97 Å². The van der Waals surface area contributed by atoms with Crippen LogP contribution in [0.2, 0.25) is 0 Å². The molecule has 22 heteroatoms. The van der Waals surface area contributed by atoms with E-state index in [0.717, 1.165) is 33.4 Å². The highest BCUT2D eigenvalue weighted by Gasteiger charge is 2.41. The number of anilines is 2. The molecule has 0 radical (unpaired) electrons. The Bertz CT molecular complexity index is 3610. The summed E-state index contributed by atoms with van der Waals surface area (Å²) in [4.78, 5) is 43.7. The largest absolute Gasteiger partial charge is 0.436 e. The summed E-state index contributed by atoms with van der Waals surface area (Å²) < 4.78 is 64.6. The quantitative estimate of drug-likeness (QED) is 0.0354. The van der Waals surface area contributed by atoms with E-state index in [0.29, 0.717) is 71.7 Å². The third-order valence-corrected chi connectivity index (χ3v) is 16.1. The first-order chi connectivity index (χ1) is 46.3. The molecule has 0 aliphatic carbocycles. The van der Waals surface area contributed by atoms with E-state index in [1.54, 1.807) is 12.3 Å². The van der Waals surface area contributed by atoms with Crippen LogP contribution >= 0.6 is 0 Å². The van der Waals surface area contributed by atoms with Crippen LogP contribution in [0, 0.1) is 0 Å². The summed E-state index contributed by atoms with van der Waals surface area (Å²) >= 11 is 0. The fraction of sp³-hybridized carbons (Fsp3) is 0.384. The predicted molar refractivity (Wildman–Crippen MR) is 353 cm³/mol. The van der Waals surface area contributed by atoms with E-state index in [1.807, 2.05) is 182 Å². The van der Waals surface area contributed by atoms with Crippen molar-refractivity contribution in [2.75, 3.05) is 31.3 Å². The molecule has 0 amide bonds. The number of nitrogen functional groups attached to an aromatic ring is 2. The third kappa shape index (κ3) is 22.7. The van der Waals surface area contributed by atoms with Crippen LogP contribution in [0.4, 0.5) is 11.6 Å². The van der Waals surface area contributed by atoms with Gasteiger partial charge in [0.15, 0.2) is 0 Å². The normalized spacial score (nSPS) is 23.6. The van der Waals surface area contributed by atoms with Crippen LogP contribution in [0.25, 0.3) is 0 Å². The summed E-state index contributed by atoms with van der Waals surface area (Å²) in [6, 6.07) is 63.1. The monoisotopic (exact) mass is 1300 g/mol. The van der Waals surface area contributed by atoms with E-state index in [-0.39, 0.29) is 49.4 Å². The summed E-state index contributed by atoms with van der Waals surface area (Å²) in [6.07, 6.45) is -1.58. The number of nitrogens with two attached hydrogens (primary N) is 2. The first-order valence-electron chi connectivity index (χ1n) is 32.0. The lowest BCUT2D eigenvalue weighted by atomic mass is 10.0. The van der Waals surface area contributed by atoms with Crippen molar-refractivity contribution in [1.29, 1.82) is 0 Å². The Hall–Kier alpha value is -8.33. The van der Waals surface area contributed by atoms with E-state index in [1.165, 1.54) is 28.3 Å². The van der Waals surface area contributed by atoms with Crippen LogP contribution < -0.4 is 22.8 Å². The minimum Gasteiger partial charge on any atom is -0.436 e. The molecule has 12 atom stereocenters. The van der Waals surface area contributed by atoms with Gasteiger partial charge in [0.1, 0.15) is 60.7 Å². The molecule has 504 valence electrons. The van der Waals surface area contributed by atoms with Gasteiger partial charge in [-0.1, -0.05) is 182 Å². The highest BCUT2D eigenvalue weighted by Crippen LogP contribution is 2.32. The topological polar surface area (TPSA) is 292 Å². The Balaban J connectivity index is 0.000000178. The lowest BCUT2D eigenvalue weighted by molar-refractivity contribution is -0.214. The number of hydrogen-bond donors (Lipinski definition) is 5. The van der Waals surface area contributed by atoms with Crippen molar-refractivity contribution >= 4 is 17.6 Å². The molecule has 3 saturated heterocycles. The summed E-state index contributed by atoms with van der Waals surface area (Å²) in [5, 5.41) is 28.6. The van der Waals surface area contributed by atoms with Crippen molar-refractivity contribution in [2.24, 2.45) is 0 Å². The summed E-state index contributed by atoms with van der Waals surface area (Å²) in [5.41, 5.74) is 16.5. The number of aliphatic hydroxyl groups is 3. The number of carbonyl (C=O) groups excluding carboxylic acids is 1. The van der Waals surface area contributed by atoms with E-state index >= 15 is 0 Å². The molecule has 2 aromatic heterocycles. The fourth-order valence-corrected chi connectivity index (χ4v) is 11.2. The number of hydrogen-bond acceptors (Lipinski definition) is 20. The Kier molecular flexibility index (Phi) is 28.2. The van der Waals surface area contributed by atoms with Crippen molar-refractivity contribution in [1.82, 2.24) is 19.1 Å². The van der Waals surface area contributed by atoms with E-state index in [9.17, 15) is 24.6 Å². The number of aliphatic hydroxyl groups excluding tert-OH is 3. The van der Waals surface area contributed by atoms with Gasteiger partial charge in [0.2, 0.25) is 6.29 Å². The second-order valence-electron chi connectivity index (χ2n) is 23.2. The van der Waals surface area contributed by atoms with Crippen LogP contribution in [0.1, 0.15) is 91.3 Å². The lowest BCUT2D eigenvalue weighted by Crippen LogP contribution is -2.44. The van der Waals surface area contributed by atoms with Gasteiger partial charge in [-0.2, -0.15) is 9.97 Å². The standard InChI is InChI=1S/C32H35N3O5.C30H34O6.C11H17N3O5/c33-29-18-19-35(32(36)34-29)30-17-16-27(38-21-25-12-6-2-7-13-25)31(39-22-26-14-8-3-9-15-26)28(40-30)23-37-20-24-10-4-1-5-11-24;1-23(31)35-29-18-17-27(33-20-25-13-7-3-8-14-25)30(34-21-26-15-9-4-10-16-26)28(36-29)22-32-19-24-11-5-2-6-12-24;12-8-3-4-14(11(18)13-8)9-2-1-6(16)10(17)7(5-15)19-9/h1-15,18-19,27-28,30-31H,16-17,20-23H2,(H2,33,34,36);2-16,27-30H,17-22H2,1H3;3-4,6-7,9-10,15-17H,1-2,5H2,(H2,12,13,18)/t27-,28+,30?,31-;27-,28+,29?,30-;6-,7+,9?,10-/m000/s1. The Morgan fingerprint density at radius 2 is 0.811 bits per heavy atom. The van der Waals surface area contributed by atoms with Crippen molar-refractivity contribution in [3.63, 3.8) is 0 Å². The maximum absolute atomic E-state index is 12.7. The number of nitrogens with zero attached hydrogens (tertiary/aromatic N) is 4. The molecular weight excluding hydrogens is 1220 g/mol. The molecule has 7 N–H and O–H groups in total. The molecule has 3 unspecified atom stereocenters. The molecule has 6 aromatic carbocycles. The zero-order chi connectivity index (χ0) is 66.6. The minimum atomic E-state index is -1.19. The van der Waals surface area contributed by atoms with Crippen molar-refractivity contribution < 1.29 is 67.5 Å². The maximum Gasteiger partial charge on any atom is 0.351 e. The van der Waals surface area contributed by atoms with Gasteiger partial charge in [-0.15, -0.1) is 0 Å². The third-order valence-electron chi connectivity index (χ3n) is 16.1. The van der Waals surface area contributed by atoms with Crippen LogP contribution in [-0.4, -0.2) is 121 Å². The zero-order valence-electron chi connectivity index (χ0n) is 53.3. The van der Waals surface area contributed by atoms with Crippen molar-refractivity contribution in [3.8, 4) is 0 Å². The van der Waals surface area contributed by atoms with Gasteiger partial charge in [0.05, 0.1) is 77.8 Å². The fourth-order valence-electron chi connectivity index (χ4n) is 11.2. The molecule has 0 bridgehead atoms. The van der Waals surface area contributed by atoms with Gasteiger partial charge in [-0.3, -0.25) is 13.9 Å². The molecule has 95 heavy (non-hydrogen) atoms. The Labute approximate surface area is 552 Å². The molecule has 11 rings (SSSR count). The van der Waals surface area contributed by atoms with Crippen LogP contribution in [0.3, 0.4) is 0 Å². The van der Waals surface area contributed by atoms with Crippen molar-refractivity contribution in [3.05, 3.63) is 261 Å². The first-order valence-corrected chi connectivity index (χ1v) is 32.0. The highest BCUT2D eigenvalue weighted by molar-refractivity contribution is 5.66. The number of benzene rings is 6. The van der Waals surface area contributed by atoms with Gasteiger partial charge >= 0.3 is 17.3 Å². The van der Waals surface area contributed by atoms with Gasteiger partial charge in [-0.25, -0.2) is 9.59 Å². The molecular formula is C73H86N6O16. The van der Waals surface area contributed by atoms with E-state index in [4.69, 9.17) is 63.9 Å². The van der Waals surface area contributed by atoms with Crippen LogP contribution in [-0.2, 0) is 91.8 Å². The molecule has 22 nitrogen and oxygen atoms in total. The zero-order valence-corrected chi connectivity index (χ0v) is 53.3. The molecule has 8 aromatic rings. The molecule has 3 aliphatic rings. The molecule has 3 aliphatic heterocycles. The number of aromatic nitrogens is 4. The predicted octanol–water partition coefficient (Wildman–Crippen LogP) is 8.55. The van der Waals surface area contributed by atoms with E-state index < -0.39 is 79.5 Å². The molecule has 0 spiro atoms. The highest BCUT2D eigenvalue weighted by atomic mass is 16.7. The first kappa shape index (κ1) is 71.0. The number of esters is 1. The van der Waals surface area contributed by atoms with Gasteiger partial charge in [0.25, 0.3) is 0 Å². The number of carbonyl (C=O) groups is 1. The average Bonchev–Trinajstić information content (AvgIpc) is 1.81. The summed E-state index contributed by atoms with van der Waals surface area (Å²) in [7, 11) is 0. The van der Waals surface area contributed by atoms with Gasteiger partial charge in [-0.05, 0) is 77.6 Å². The van der Waals surface area contributed by atoms with Gasteiger partial charge < -0.3 is 74.2 Å². The van der Waals surface area contributed by atoms with Crippen molar-refractivity contribution in [2.45, 2.75) is 159 Å².